The highest BCUT2D eigenvalue weighted by Gasteiger charge is 2.20. The number of rotatable bonds is 5. The van der Waals surface area contributed by atoms with Crippen molar-refractivity contribution in [3.63, 3.8) is 0 Å². The fourth-order valence-corrected chi connectivity index (χ4v) is 2.84. The van der Waals surface area contributed by atoms with Gasteiger partial charge in [0.1, 0.15) is 5.82 Å². The molecule has 0 saturated carbocycles. The molecular weight excluding hydrogens is 264 g/mol. The summed E-state index contributed by atoms with van der Waals surface area (Å²) < 4.78 is 2.18. The molecule has 1 aliphatic heterocycles. The highest BCUT2D eigenvalue weighted by atomic mass is 15.3. The van der Waals surface area contributed by atoms with E-state index in [1.165, 1.54) is 12.8 Å². The molecule has 1 saturated heterocycles. The van der Waals surface area contributed by atoms with E-state index in [-0.39, 0.29) is 0 Å². The predicted molar refractivity (Wildman–Crippen MR) is 82.0 cm³/mol. The Labute approximate surface area is 125 Å². The monoisotopic (exact) mass is 286 g/mol. The van der Waals surface area contributed by atoms with Crippen LogP contribution in [0.3, 0.4) is 0 Å². The van der Waals surface area contributed by atoms with Crippen molar-refractivity contribution in [2.24, 2.45) is 0 Å². The molecule has 21 heavy (non-hydrogen) atoms. The molecule has 0 spiro atoms. The first kappa shape index (κ1) is 14.0. The van der Waals surface area contributed by atoms with Gasteiger partial charge in [0.25, 0.3) is 0 Å². The third kappa shape index (κ3) is 3.39. The van der Waals surface area contributed by atoms with E-state index in [2.05, 4.69) is 36.9 Å². The first-order valence-electron chi connectivity index (χ1n) is 7.63. The summed E-state index contributed by atoms with van der Waals surface area (Å²) in [6, 6.07) is 4.44. The van der Waals surface area contributed by atoms with Crippen LogP contribution in [-0.4, -0.2) is 38.9 Å². The molecule has 6 nitrogen and oxygen atoms in total. The predicted octanol–water partition coefficient (Wildman–Crippen LogP) is 1.45. The summed E-state index contributed by atoms with van der Waals surface area (Å²) in [4.78, 5) is 6.72. The van der Waals surface area contributed by atoms with Crippen LogP contribution in [0.5, 0.6) is 0 Å². The van der Waals surface area contributed by atoms with Crippen molar-refractivity contribution < 1.29 is 0 Å². The summed E-state index contributed by atoms with van der Waals surface area (Å²) in [5.74, 6) is 2.08. The summed E-state index contributed by atoms with van der Waals surface area (Å²) in [6.07, 6.45) is 7.99. The molecule has 0 unspecified atom stereocenters. The lowest BCUT2D eigenvalue weighted by Gasteiger charge is -2.33. The molecule has 1 aliphatic rings. The van der Waals surface area contributed by atoms with Gasteiger partial charge in [-0.3, -0.25) is 0 Å². The molecule has 0 aliphatic carbocycles. The van der Waals surface area contributed by atoms with Gasteiger partial charge in [-0.05, 0) is 31.9 Å². The molecule has 0 aromatic carbocycles. The van der Waals surface area contributed by atoms with Crippen LogP contribution in [0, 0.1) is 0 Å². The SMILES string of the molecule is CCn1ccnc1CN[C@H]1CCCN(c2cccnn2)C1. The maximum atomic E-state index is 4.41. The third-order valence-electron chi connectivity index (χ3n) is 3.99. The van der Waals surface area contributed by atoms with E-state index in [0.717, 1.165) is 37.8 Å². The van der Waals surface area contributed by atoms with Gasteiger partial charge in [-0.15, -0.1) is 5.10 Å². The topological polar surface area (TPSA) is 58.9 Å². The van der Waals surface area contributed by atoms with E-state index >= 15 is 0 Å². The Hall–Kier alpha value is -1.95. The number of aryl methyl sites for hydroxylation is 1. The Balaban J connectivity index is 1.57. The van der Waals surface area contributed by atoms with Gasteiger partial charge in [0.15, 0.2) is 5.82 Å². The Morgan fingerprint density at radius 1 is 1.38 bits per heavy atom. The zero-order chi connectivity index (χ0) is 14.5. The van der Waals surface area contributed by atoms with Crippen LogP contribution in [0.25, 0.3) is 0 Å². The Kier molecular flexibility index (Phi) is 4.45. The van der Waals surface area contributed by atoms with Crippen molar-refractivity contribution in [2.45, 2.75) is 38.9 Å². The van der Waals surface area contributed by atoms with Crippen molar-refractivity contribution in [1.82, 2.24) is 25.1 Å². The molecule has 1 atom stereocenters. The van der Waals surface area contributed by atoms with E-state index in [1.54, 1.807) is 6.20 Å². The van der Waals surface area contributed by atoms with E-state index in [1.807, 2.05) is 24.5 Å². The minimum absolute atomic E-state index is 0.475. The molecule has 0 amide bonds. The quantitative estimate of drug-likeness (QED) is 0.901. The first-order valence-corrected chi connectivity index (χ1v) is 7.63. The molecule has 6 heteroatoms. The average Bonchev–Trinajstić information content (AvgIpc) is 3.01. The summed E-state index contributed by atoms with van der Waals surface area (Å²) in [6.45, 7) is 5.96. The van der Waals surface area contributed by atoms with Crippen molar-refractivity contribution in [2.75, 3.05) is 18.0 Å². The lowest BCUT2D eigenvalue weighted by atomic mass is 10.1. The van der Waals surface area contributed by atoms with E-state index < -0.39 is 0 Å². The van der Waals surface area contributed by atoms with Crippen LogP contribution in [0.1, 0.15) is 25.6 Å². The van der Waals surface area contributed by atoms with Crippen molar-refractivity contribution in [3.8, 4) is 0 Å². The molecule has 3 heterocycles. The van der Waals surface area contributed by atoms with Crippen LogP contribution >= 0.6 is 0 Å². The number of imidazole rings is 1. The fraction of sp³-hybridized carbons (Fsp3) is 0.533. The van der Waals surface area contributed by atoms with Crippen LogP contribution in [0.4, 0.5) is 5.82 Å². The molecule has 112 valence electrons. The van der Waals surface area contributed by atoms with Gasteiger partial charge in [-0.2, -0.15) is 5.10 Å². The van der Waals surface area contributed by atoms with Gasteiger partial charge in [-0.1, -0.05) is 0 Å². The van der Waals surface area contributed by atoms with Gasteiger partial charge in [-0.25, -0.2) is 4.98 Å². The average molecular weight is 286 g/mol. The summed E-state index contributed by atoms with van der Waals surface area (Å²) in [5.41, 5.74) is 0. The Morgan fingerprint density at radius 3 is 3.14 bits per heavy atom. The maximum absolute atomic E-state index is 4.41. The molecule has 1 N–H and O–H groups in total. The normalized spacial score (nSPS) is 18.9. The smallest absolute Gasteiger partial charge is 0.151 e. The van der Waals surface area contributed by atoms with Gasteiger partial charge >= 0.3 is 0 Å². The second kappa shape index (κ2) is 6.67. The molecule has 2 aromatic heterocycles. The van der Waals surface area contributed by atoms with Crippen LogP contribution in [0.15, 0.2) is 30.7 Å². The third-order valence-corrected chi connectivity index (χ3v) is 3.99. The highest BCUT2D eigenvalue weighted by Crippen LogP contribution is 2.16. The number of piperidine rings is 1. The largest absolute Gasteiger partial charge is 0.354 e. The Morgan fingerprint density at radius 2 is 2.33 bits per heavy atom. The lowest BCUT2D eigenvalue weighted by Crippen LogP contribution is -2.46. The Bertz CT molecular complexity index is 552. The van der Waals surface area contributed by atoms with Crippen LogP contribution < -0.4 is 10.2 Å². The number of nitrogens with zero attached hydrogens (tertiary/aromatic N) is 5. The fourth-order valence-electron chi connectivity index (χ4n) is 2.84. The summed E-state index contributed by atoms with van der Waals surface area (Å²) in [7, 11) is 0. The molecule has 2 aromatic rings. The van der Waals surface area contributed by atoms with Crippen molar-refractivity contribution in [1.29, 1.82) is 0 Å². The van der Waals surface area contributed by atoms with Gasteiger partial charge < -0.3 is 14.8 Å². The maximum Gasteiger partial charge on any atom is 0.151 e. The number of hydrogen-bond acceptors (Lipinski definition) is 5. The zero-order valence-corrected chi connectivity index (χ0v) is 12.4. The second-order valence-electron chi connectivity index (χ2n) is 5.38. The molecule has 3 rings (SSSR count). The second-order valence-corrected chi connectivity index (χ2v) is 5.38. The molecule has 0 radical (unpaired) electrons. The standard InChI is InChI=1S/C15H22N6/c1-2-20-10-8-16-15(20)11-17-13-5-4-9-21(12-13)14-6-3-7-18-19-14/h3,6-8,10,13,17H,2,4-5,9,11-12H2,1H3/t13-/m0/s1. The number of anilines is 1. The molecular formula is C15H22N6. The number of hydrogen-bond donors (Lipinski definition) is 1. The lowest BCUT2D eigenvalue weighted by molar-refractivity contribution is 0.411. The van der Waals surface area contributed by atoms with E-state index in [4.69, 9.17) is 0 Å². The van der Waals surface area contributed by atoms with E-state index in [9.17, 15) is 0 Å². The zero-order valence-electron chi connectivity index (χ0n) is 12.4. The van der Waals surface area contributed by atoms with Crippen LogP contribution in [-0.2, 0) is 13.1 Å². The number of aromatic nitrogens is 4. The van der Waals surface area contributed by atoms with Crippen LogP contribution in [0.2, 0.25) is 0 Å². The van der Waals surface area contributed by atoms with Crippen molar-refractivity contribution in [3.05, 3.63) is 36.5 Å². The van der Waals surface area contributed by atoms with Crippen molar-refractivity contribution >= 4 is 5.82 Å². The minimum Gasteiger partial charge on any atom is -0.354 e. The number of nitrogens with one attached hydrogen (secondary N) is 1. The first-order chi connectivity index (χ1) is 10.4. The highest BCUT2D eigenvalue weighted by molar-refractivity contribution is 5.37. The van der Waals surface area contributed by atoms with E-state index in [0.29, 0.717) is 6.04 Å². The summed E-state index contributed by atoms with van der Waals surface area (Å²) in [5, 5.41) is 11.8. The molecule has 1 fully saturated rings. The van der Waals surface area contributed by atoms with Gasteiger partial charge in [0.2, 0.25) is 0 Å². The minimum atomic E-state index is 0.475. The van der Waals surface area contributed by atoms with Gasteiger partial charge in [0.05, 0.1) is 6.54 Å². The van der Waals surface area contributed by atoms with Gasteiger partial charge in [0, 0.05) is 44.3 Å². The molecule has 0 bridgehead atoms. The summed E-state index contributed by atoms with van der Waals surface area (Å²) >= 11 is 0.